The quantitative estimate of drug-likeness (QED) is 0.487. The number of nitrogens with zero attached hydrogens (tertiary/aromatic N) is 5. The summed E-state index contributed by atoms with van der Waals surface area (Å²) in [5.74, 6) is 0.757. The number of benzene rings is 1. The normalized spacial score (nSPS) is 20.6. The van der Waals surface area contributed by atoms with Gasteiger partial charge in [-0.2, -0.15) is 4.31 Å². The van der Waals surface area contributed by atoms with Crippen LogP contribution in [0.25, 0.3) is 11.0 Å². The van der Waals surface area contributed by atoms with E-state index in [-0.39, 0.29) is 22.0 Å². The number of hydrogen-bond donors (Lipinski definition) is 1. The molecule has 1 saturated heterocycles. The predicted octanol–water partition coefficient (Wildman–Crippen LogP) is 2.16. The van der Waals surface area contributed by atoms with Crippen molar-refractivity contribution in [2.45, 2.75) is 23.8 Å². The summed E-state index contributed by atoms with van der Waals surface area (Å²) in [6.07, 6.45) is 5.17. The zero-order chi connectivity index (χ0) is 21.1. The van der Waals surface area contributed by atoms with E-state index in [1.165, 1.54) is 28.8 Å². The van der Waals surface area contributed by atoms with Gasteiger partial charge in [0.2, 0.25) is 10.0 Å². The molecule has 2 aliphatic rings. The predicted molar refractivity (Wildman–Crippen MR) is 110 cm³/mol. The van der Waals surface area contributed by atoms with Gasteiger partial charge in [-0.15, -0.1) is 0 Å². The number of rotatable bonds is 5. The first kappa shape index (κ1) is 18.9. The number of nitro groups is 1. The Morgan fingerprint density at radius 1 is 1.30 bits per heavy atom. The number of aromatic nitrogens is 3. The highest BCUT2D eigenvalue weighted by Gasteiger charge is 2.59. The van der Waals surface area contributed by atoms with Gasteiger partial charge in [0.05, 0.1) is 21.2 Å². The molecule has 0 amide bonds. The van der Waals surface area contributed by atoms with Gasteiger partial charge < -0.3 is 9.88 Å². The maximum Gasteiger partial charge on any atom is 0.270 e. The summed E-state index contributed by atoms with van der Waals surface area (Å²) in [4.78, 5) is 24.2. The molecule has 1 spiro atoms. The van der Waals surface area contributed by atoms with Gasteiger partial charge in [0.15, 0.2) is 0 Å². The maximum atomic E-state index is 13.3. The molecule has 3 heterocycles. The van der Waals surface area contributed by atoms with E-state index >= 15 is 0 Å². The Hall–Kier alpha value is -3.05. The molecule has 1 aliphatic heterocycles. The lowest BCUT2D eigenvalue weighted by atomic mass is 9.99. The number of hydrogen-bond acceptors (Lipinski definition) is 7. The highest BCUT2D eigenvalue weighted by Crippen LogP contribution is 2.55. The van der Waals surface area contributed by atoms with Crippen LogP contribution in [0.2, 0.25) is 0 Å². The Morgan fingerprint density at radius 2 is 2.10 bits per heavy atom. The van der Waals surface area contributed by atoms with Gasteiger partial charge in [0, 0.05) is 43.9 Å². The minimum atomic E-state index is -3.84. The van der Waals surface area contributed by atoms with E-state index in [9.17, 15) is 18.5 Å². The molecular formula is C19H20N6O4S. The van der Waals surface area contributed by atoms with Crippen molar-refractivity contribution < 1.29 is 13.3 Å². The van der Waals surface area contributed by atoms with Gasteiger partial charge in [0.25, 0.3) is 5.69 Å². The van der Waals surface area contributed by atoms with Crippen molar-refractivity contribution in [2.24, 2.45) is 5.41 Å². The number of nitro benzene ring substituents is 1. The van der Waals surface area contributed by atoms with Crippen LogP contribution in [0, 0.1) is 15.5 Å². The van der Waals surface area contributed by atoms with Crippen LogP contribution in [0.1, 0.15) is 12.8 Å². The molecular weight excluding hydrogens is 408 g/mol. The first-order valence-electron chi connectivity index (χ1n) is 9.57. The third-order valence-corrected chi connectivity index (χ3v) is 8.08. The fourth-order valence-electron chi connectivity index (χ4n) is 4.47. The SMILES string of the molecule is CN(c1ncnc2[nH]ccc12)C1CN(S(=O)(=O)c2cccc([N+](=O)[O-])c2)CC12CC2. The number of aromatic amines is 1. The summed E-state index contributed by atoms with van der Waals surface area (Å²) in [5.41, 5.74) is 0.368. The Morgan fingerprint density at radius 3 is 2.83 bits per heavy atom. The number of likely N-dealkylation sites (N-methyl/N-ethyl adjacent to an activating group) is 1. The van der Waals surface area contributed by atoms with Crippen molar-refractivity contribution in [2.75, 3.05) is 25.0 Å². The van der Waals surface area contributed by atoms with E-state index in [1.807, 2.05) is 18.0 Å². The molecule has 1 aromatic carbocycles. The largest absolute Gasteiger partial charge is 0.354 e. The van der Waals surface area contributed by atoms with Crippen LogP contribution in [0.15, 0.2) is 47.8 Å². The molecule has 2 fully saturated rings. The third kappa shape index (κ3) is 2.84. The summed E-state index contributed by atoms with van der Waals surface area (Å²) in [6.45, 7) is 0.700. The van der Waals surface area contributed by atoms with Gasteiger partial charge >= 0.3 is 0 Å². The van der Waals surface area contributed by atoms with Crippen LogP contribution >= 0.6 is 0 Å². The zero-order valence-electron chi connectivity index (χ0n) is 16.2. The first-order valence-corrected chi connectivity index (χ1v) is 11.0. The second-order valence-corrected chi connectivity index (χ2v) is 9.92. The van der Waals surface area contributed by atoms with Crippen LogP contribution < -0.4 is 4.90 Å². The summed E-state index contributed by atoms with van der Waals surface area (Å²) in [5, 5.41) is 12.0. The van der Waals surface area contributed by atoms with Gasteiger partial charge in [-0.1, -0.05) is 6.07 Å². The molecule has 5 rings (SSSR count). The number of anilines is 1. The topological polar surface area (TPSA) is 125 Å². The minimum absolute atomic E-state index is 0.0426. The number of fused-ring (bicyclic) bond motifs is 1. The average Bonchev–Trinajstić information content (AvgIpc) is 3.17. The number of non-ortho nitro benzene ring substituents is 1. The Kier molecular flexibility index (Phi) is 4.09. The van der Waals surface area contributed by atoms with Crippen molar-refractivity contribution in [3.8, 4) is 0 Å². The molecule has 1 atom stereocenters. The fraction of sp³-hybridized carbons (Fsp3) is 0.368. The monoisotopic (exact) mass is 428 g/mol. The highest BCUT2D eigenvalue weighted by molar-refractivity contribution is 7.89. The zero-order valence-corrected chi connectivity index (χ0v) is 17.0. The van der Waals surface area contributed by atoms with E-state index in [0.717, 1.165) is 35.8 Å². The van der Waals surface area contributed by atoms with Crippen molar-refractivity contribution >= 4 is 32.6 Å². The van der Waals surface area contributed by atoms with Gasteiger partial charge in [-0.3, -0.25) is 10.1 Å². The second-order valence-electron chi connectivity index (χ2n) is 7.98. The molecule has 0 radical (unpaired) electrons. The first-order chi connectivity index (χ1) is 14.3. The van der Waals surface area contributed by atoms with Crippen LogP contribution in [0.5, 0.6) is 0 Å². The van der Waals surface area contributed by atoms with E-state index in [4.69, 9.17) is 0 Å². The molecule has 0 bridgehead atoms. The summed E-state index contributed by atoms with van der Waals surface area (Å²) in [6, 6.07) is 7.10. The lowest BCUT2D eigenvalue weighted by Gasteiger charge is -2.30. The Balaban J connectivity index is 1.47. The smallest absolute Gasteiger partial charge is 0.270 e. The van der Waals surface area contributed by atoms with E-state index in [2.05, 4.69) is 15.0 Å². The van der Waals surface area contributed by atoms with Crippen LogP contribution in [0.4, 0.5) is 11.5 Å². The van der Waals surface area contributed by atoms with Crippen LogP contribution in [-0.4, -0.2) is 58.8 Å². The molecule has 1 saturated carbocycles. The summed E-state index contributed by atoms with van der Waals surface area (Å²) in [7, 11) is -1.91. The molecule has 30 heavy (non-hydrogen) atoms. The van der Waals surface area contributed by atoms with Gasteiger partial charge in [-0.25, -0.2) is 18.4 Å². The molecule has 156 valence electrons. The lowest BCUT2D eigenvalue weighted by Crippen LogP contribution is -2.40. The maximum absolute atomic E-state index is 13.3. The van der Waals surface area contributed by atoms with Crippen LogP contribution in [0.3, 0.4) is 0 Å². The number of nitrogens with one attached hydrogen (secondary N) is 1. The van der Waals surface area contributed by atoms with Crippen LogP contribution in [-0.2, 0) is 10.0 Å². The molecule has 1 N–H and O–H groups in total. The standard InChI is InChI=1S/C19H20N6O4S/c1-23(18-15-5-8-20-17(15)21-12-22-18)16-10-24(11-19(16)6-7-19)30(28,29)14-4-2-3-13(9-14)25(26)27/h2-5,8-9,12,16H,6-7,10-11H2,1H3,(H,20,21,22). The molecule has 2 aromatic heterocycles. The summed E-state index contributed by atoms with van der Waals surface area (Å²) >= 11 is 0. The molecule has 10 nitrogen and oxygen atoms in total. The van der Waals surface area contributed by atoms with Gasteiger partial charge in [0.1, 0.15) is 17.8 Å². The molecule has 3 aromatic rings. The Bertz CT molecular complexity index is 1250. The van der Waals surface area contributed by atoms with Crippen molar-refractivity contribution in [1.29, 1.82) is 0 Å². The fourth-order valence-corrected chi connectivity index (χ4v) is 6.05. The van der Waals surface area contributed by atoms with E-state index in [1.54, 1.807) is 6.20 Å². The van der Waals surface area contributed by atoms with Crippen molar-refractivity contribution in [1.82, 2.24) is 19.3 Å². The molecule has 11 heteroatoms. The Labute approximate surface area is 172 Å². The highest BCUT2D eigenvalue weighted by atomic mass is 32.2. The number of H-pyrrole nitrogens is 1. The third-order valence-electron chi connectivity index (χ3n) is 6.27. The lowest BCUT2D eigenvalue weighted by molar-refractivity contribution is -0.385. The van der Waals surface area contributed by atoms with E-state index < -0.39 is 14.9 Å². The van der Waals surface area contributed by atoms with Gasteiger partial charge in [-0.05, 0) is 25.0 Å². The minimum Gasteiger partial charge on any atom is -0.354 e. The average molecular weight is 428 g/mol. The van der Waals surface area contributed by atoms with Crippen molar-refractivity contribution in [3.63, 3.8) is 0 Å². The number of sulfonamides is 1. The molecule has 1 aliphatic carbocycles. The van der Waals surface area contributed by atoms with Crippen molar-refractivity contribution in [3.05, 3.63) is 53.0 Å². The second kappa shape index (κ2) is 6.47. The van der Waals surface area contributed by atoms with E-state index in [0.29, 0.717) is 13.1 Å². The molecule has 1 unspecified atom stereocenters. The summed E-state index contributed by atoms with van der Waals surface area (Å²) < 4.78 is 28.0.